The van der Waals surface area contributed by atoms with Crippen LogP contribution in [-0.2, 0) is 22.4 Å². The number of halogens is 1. The zero-order valence-corrected chi connectivity index (χ0v) is 19.6. The Morgan fingerprint density at radius 1 is 1.09 bits per heavy atom. The molecule has 7 nitrogen and oxygen atoms in total. The molecule has 4 rings (SSSR count). The van der Waals surface area contributed by atoms with E-state index in [1.165, 1.54) is 11.3 Å². The van der Waals surface area contributed by atoms with Gasteiger partial charge in [-0.25, -0.2) is 0 Å². The van der Waals surface area contributed by atoms with E-state index in [9.17, 15) is 14.4 Å². The van der Waals surface area contributed by atoms with Crippen molar-refractivity contribution in [2.75, 3.05) is 30.8 Å². The number of thiophene rings is 1. The van der Waals surface area contributed by atoms with Crippen molar-refractivity contribution < 1.29 is 14.4 Å². The van der Waals surface area contributed by atoms with Crippen LogP contribution in [0.3, 0.4) is 0 Å². The standard InChI is InChI=1S/C23H27ClN4O3S/c1-25-21(30)17-6-4-12-28(17)13-19(29)27-23-20(16-5-2-3-7-18(16)32-23)22(31)26-15-10-8-14(24)9-11-15/h8-11,17H,2-7,12-13H2,1H3,(H,25,30)(H,26,31)(H,27,29). The molecule has 3 N–H and O–H groups in total. The van der Waals surface area contributed by atoms with Crippen molar-refractivity contribution in [3.05, 3.63) is 45.3 Å². The third-order valence-electron chi connectivity index (χ3n) is 6.01. The van der Waals surface area contributed by atoms with Gasteiger partial charge in [0, 0.05) is 22.6 Å². The molecule has 3 amide bonds. The SMILES string of the molecule is CNC(=O)C1CCCN1CC(=O)Nc1sc2c(c1C(=O)Nc1ccc(Cl)cc1)CCCC2. The Morgan fingerprint density at radius 2 is 1.84 bits per heavy atom. The Morgan fingerprint density at radius 3 is 2.59 bits per heavy atom. The molecule has 9 heteroatoms. The van der Waals surface area contributed by atoms with Gasteiger partial charge in [0.05, 0.1) is 18.2 Å². The number of hydrogen-bond donors (Lipinski definition) is 3. The van der Waals surface area contributed by atoms with Crippen LogP contribution in [0, 0.1) is 0 Å². The molecule has 32 heavy (non-hydrogen) atoms. The molecular weight excluding hydrogens is 448 g/mol. The van der Waals surface area contributed by atoms with Gasteiger partial charge in [-0.3, -0.25) is 19.3 Å². The second kappa shape index (κ2) is 10.0. The predicted molar refractivity (Wildman–Crippen MR) is 128 cm³/mol. The van der Waals surface area contributed by atoms with Crippen molar-refractivity contribution in [3.63, 3.8) is 0 Å². The van der Waals surface area contributed by atoms with Crippen molar-refractivity contribution in [2.45, 2.75) is 44.6 Å². The van der Waals surface area contributed by atoms with Crippen molar-refractivity contribution >= 4 is 51.3 Å². The van der Waals surface area contributed by atoms with Gasteiger partial charge in [-0.05, 0) is 74.9 Å². The highest BCUT2D eigenvalue weighted by molar-refractivity contribution is 7.17. The number of aryl methyl sites for hydroxylation is 1. The van der Waals surface area contributed by atoms with Gasteiger partial charge in [0.25, 0.3) is 5.91 Å². The average molecular weight is 475 g/mol. The molecule has 1 atom stereocenters. The van der Waals surface area contributed by atoms with Crippen LogP contribution in [0.25, 0.3) is 0 Å². The molecule has 1 saturated heterocycles. The molecule has 1 aliphatic heterocycles. The normalized spacial score (nSPS) is 18.1. The van der Waals surface area contributed by atoms with Crippen LogP contribution in [-0.4, -0.2) is 48.8 Å². The second-order valence-corrected chi connectivity index (χ2v) is 9.71. The lowest BCUT2D eigenvalue weighted by Crippen LogP contribution is -2.45. The first-order valence-corrected chi connectivity index (χ1v) is 12.1. The van der Waals surface area contributed by atoms with Crippen molar-refractivity contribution in [1.82, 2.24) is 10.2 Å². The first kappa shape index (κ1) is 22.8. The number of likely N-dealkylation sites (tertiary alicyclic amines) is 1. The van der Waals surface area contributed by atoms with Crippen molar-refractivity contribution in [1.29, 1.82) is 0 Å². The smallest absolute Gasteiger partial charge is 0.258 e. The first-order valence-electron chi connectivity index (χ1n) is 10.9. The number of carbonyl (C=O) groups is 3. The van der Waals surface area contributed by atoms with E-state index in [0.717, 1.165) is 49.0 Å². The summed E-state index contributed by atoms with van der Waals surface area (Å²) in [6.45, 7) is 0.829. The lowest BCUT2D eigenvalue weighted by molar-refractivity contribution is -0.126. The Bertz CT molecular complexity index is 1020. The van der Waals surface area contributed by atoms with E-state index in [2.05, 4.69) is 16.0 Å². The topological polar surface area (TPSA) is 90.5 Å². The number of rotatable bonds is 6. The van der Waals surface area contributed by atoms with Gasteiger partial charge in [-0.15, -0.1) is 11.3 Å². The van der Waals surface area contributed by atoms with E-state index in [0.29, 0.717) is 27.8 Å². The summed E-state index contributed by atoms with van der Waals surface area (Å²) in [6, 6.07) is 6.67. The molecular formula is C23H27ClN4O3S. The number of nitrogens with zero attached hydrogens (tertiary/aromatic N) is 1. The van der Waals surface area contributed by atoms with Gasteiger partial charge < -0.3 is 16.0 Å². The number of carbonyl (C=O) groups excluding carboxylic acids is 3. The molecule has 1 aromatic carbocycles. The largest absolute Gasteiger partial charge is 0.358 e. The van der Waals surface area contributed by atoms with Gasteiger partial charge in [-0.1, -0.05) is 11.6 Å². The summed E-state index contributed by atoms with van der Waals surface area (Å²) in [7, 11) is 1.61. The third kappa shape index (κ3) is 4.98. The highest BCUT2D eigenvalue weighted by atomic mass is 35.5. The Labute approximate surface area is 196 Å². The van der Waals surface area contributed by atoms with Crippen LogP contribution in [0.5, 0.6) is 0 Å². The minimum Gasteiger partial charge on any atom is -0.358 e. The summed E-state index contributed by atoms with van der Waals surface area (Å²) in [6.07, 6.45) is 5.49. The fraction of sp³-hybridized carbons (Fsp3) is 0.435. The van der Waals surface area contributed by atoms with Crippen LogP contribution in [0.1, 0.15) is 46.5 Å². The summed E-state index contributed by atoms with van der Waals surface area (Å²) in [5, 5.41) is 9.76. The maximum absolute atomic E-state index is 13.2. The highest BCUT2D eigenvalue weighted by Crippen LogP contribution is 2.38. The number of benzene rings is 1. The third-order valence-corrected chi connectivity index (χ3v) is 7.47. The Balaban J connectivity index is 1.52. The van der Waals surface area contributed by atoms with Crippen LogP contribution < -0.4 is 16.0 Å². The molecule has 1 aliphatic carbocycles. The lowest BCUT2D eigenvalue weighted by Gasteiger charge is -2.22. The molecule has 0 saturated carbocycles. The monoisotopic (exact) mass is 474 g/mol. The van der Waals surface area contributed by atoms with Crippen molar-refractivity contribution in [3.8, 4) is 0 Å². The number of anilines is 2. The summed E-state index contributed by atoms with van der Waals surface area (Å²) in [4.78, 5) is 41.2. The summed E-state index contributed by atoms with van der Waals surface area (Å²) in [5.41, 5.74) is 2.24. The fourth-order valence-corrected chi connectivity index (χ4v) is 5.88. The minimum absolute atomic E-state index is 0.0649. The fourth-order valence-electron chi connectivity index (χ4n) is 4.45. The van der Waals surface area contributed by atoms with E-state index < -0.39 is 0 Å². The molecule has 0 bridgehead atoms. The predicted octanol–water partition coefficient (Wildman–Crippen LogP) is 3.68. The highest BCUT2D eigenvalue weighted by Gasteiger charge is 2.32. The molecule has 2 aromatic rings. The lowest BCUT2D eigenvalue weighted by atomic mass is 9.95. The molecule has 1 aromatic heterocycles. The van der Waals surface area contributed by atoms with Gasteiger partial charge in [0.15, 0.2) is 0 Å². The van der Waals surface area contributed by atoms with E-state index in [-0.39, 0.29) is 30.3 Å². The van der Waals surface area contributed by atoms with Crippen LogP contribution in [0.15, 0.2) is 24.3 Å². The maximum Gasteiger partial charge on any atom is 0.258 e. The quantitative estimate of drug-likeness (QED) is 0.595. The van der Waals surface area contributed by atoms with Crippen LogP contribution >= 0.6 is 22.9 Å². The summed E-state index contributed by atoms with van der Waals surface area (Å²) in [5.74, 6) is -0.503. The number of amides is 3. The van der Waals surface area contributed by atoms with Gasteiger partial charge in [-0.2, -0.15) is 0 Å². The Kier molecular flexibility index (Phi) is 7.13. The Hall–Kier alpha value is -2.42. The molecule has 1 unspecified atom stereocenters. The minimum atomic E-state index is -0.282. The van der Waals surface area contributed by atoms with Gasteiger partial charge in [0.2, 0.25) is 11.8 Å². The van der Waals surface area contributed by atoms with Crippen LogP contribution in [0.2, 0.25) is 5.02 Å². The van der Waals surface area contributed by atoms with E-state index >= 15 is 0 Å². The first-order chi connectivity index (χ1) is 15.5. The second-order valence-electron chi connectivity index (χ2n) is 8.17. The maximum atomic E-state index is 13.2. The number of fused-ring (bicyclic) bond motifs is 1. The molecule has 2 heterocycles. The molecule has 1 fully saturated rings. The van der Waals surface area contributed by atoms with Gasteiger partial charge >= 0.3 is 0 Å². The molecule has 2 aliphatic rings. The number of hydrogen-bond acceptors (Lipinski definition) is 5. The van der Waals surface area contributed by atoms with E-state index in [1.807, 2.05) is 4.90 Å². The van der Waals surface area contributed by atoms with Crippen LogP contribution in [0.4, 0.5) is 10.7 Å². The zero-order chi connectivity index (χ0) is 22.7. The van der Waals surface area contributed by atoms with Crippen molar-refractivity contribution in [2.24, 2.45) is 0 Å². The molecule has 0 radical (unpaired) electrons. The molecule has 0 spiro atoms. The zero-order valence-electron chi connectivity index (χ0n) is 18.0. The summed E-state index contributed by atoms with van der Waals surface area (Å²) >= 11 is 7.44. The summed E-state index contributed by atoms with van der Waals surface area (Å²) < 4.78 is 0. The number of nitrogens with one attached hydrogen (secondary N) is 3. The van der Waals surface area contributed by atoms with E-state index in [4.69, 9.17) is 11.6 Å². The van der Waals surface area contributed by atoms with Gasteiger partial charge in [0.1, 0.15) is 5.00 Å². The average Bonchev–Trinajstić information content (AvgIpc) is 3.38. The van der Waals surface area contributed by atoms with E-state index in [1.54, 1.807) is 31.3 Å². The molecule has 170 valence electrons. The number of likely N-dealkylation sites (N-methyl/N-ethyl adjacent to an activating group) is 1.